The number of aliphatic hydroxyl groups is 5. The summed E-state index contributed by atoms with van der Waals surface area (Å²) in [5.74, 6) is -0.308. The number of nitrogens with two attached hydrogens (primary N) is 6. The molecule has 0 aromatic heterocycles. The fraction of sp³-hybridized carbons (Fsp3) is 1.00. The van der Waals surface area contributed by atoms with Gasteiger partial charge in [-0.1, -0.05) is 0 Å². The van der Waals surface area contributed by atoms with Crippen molar-refractivity contribution in [2.75, 3.05) is 25.2 Å². The highest BCUT2D eigenvalue weighted by atomic mass is 32.2. The Morgan fingerprint density at radius 2 is 1.38 bits per heavy atom. The van der Waals surface area contributed by atoms with Crippen LogP contribution in [0.15, 0.2) is 0 Å². The molecule has 45 heavy (non-hydrogen) atoms. The molecule has 3 saturated heterocycles. The molecule has 17 N–H and O–H groups in total. The first kappa shape index (κ1) is 37.1. The van der Waals surface area contributed by atoms with Crippen molar-refractivity contribution in [2.24, 2.45) is 34.4 Å². The first-order valence-corrected chi connectivity index (χ1v) is 17.0. The minimum atomic E-state index is -3.39. The van der Waals surface area contributed by atoms with Crippen LogP contribution in [0.5, 0.6) is 0 Å². The van der Waals surface area contributed by atoms with Crippen molar-refractivity contribution in [2.45, 2.75) is 129 Å². The summed E-state index contributed by atoms with van der Waals surface area (Å²) in [6.45, 7) is -0.801. The van der Waals surface area contributed by atoms with Crippen LogP contribution in [0, 0.1) is 0 Å². The number of hydrogen-bond acceptors (Lipinski definition) is 19. The van der Waals surface area contributed by atoms with Crippen molar-refractivity contribution in [1.29, 1.82) is 0 Å². The third-order valence-electron chi connectivity index (χ3n) is 8.81. The van der Waals surface area contributed by atoms with Gasteiger partial charge >= 0.3 is 0 Å². The van der Waals surface area contributed by atoms with Gasteiger partial charge in [0.15, 0.2) is 18.9 Å². The van der Waals surface area contributed by atoms with E-state index in [4.69, 9.17) is 62.8 Å². The highest BCUT2D eigenvalue weighted by Crippen LogP contribution is 2.34. The van der Waals surface area contributed by atoms with Gasteiger partial charge in [0.05, 0.1) is 36.7 Å². The minimum absolute atomic E-state index is 0.122. The van der Waals surface area contributed by atoms with Crippen LogP contribution in [-0.2, 0) is 38.3 Å². The molecule has 0 radical (unpaired) electrons. The van der Waals surface area contributed by atoms with E-state index in [0.29, 0.717) is 12.8 Å². The fourth-order valence-electron chi connectivity index (χ4n) is 6.21. The number of sulfone groups is 1. The lowest BCUT2D eigenvalue weighted by Gasteiger charge is -2.46. The summed E-state index contributed by atoms with van der Waals surface area (Å²) in [5, 5.41) is 52.7. The smallest absolute Gasteiger partial charge is 0.187 e. The fourth-order valence-corrected chi connectivity index (χ4v) is 7.13. The van der Waals surface area contributed by atoms with E-state index in [1.54, 1.807) is 0 Å². The molecule has 0 aromatic carbocycles. The first-order valence-electron chi connectivity index (χ1n) is 15.0. The molecule has 19 nitrogen and oxygen atoms in total. The Labute approximate surface area is 261 Å². The third kappa shape index (κ3) is 8.47. The maximum Gasteiger partial charge on any atom is 0.187 e. The van der Waals surface area contributed by atoms with Crippen molar-refractivity contribution in [3.63, 3.8) is 0 Å². The summed E-state index contributed by atoms with van der Waals surface area (Å²) in [6, 6.07) is -4.38. The van der Waals surface area contributed by atoms with E-state index in [1.165, 1.54) is 0 Å². The van der Waals surface area contributed by atoms with Gasteiger partial charge < -0.3 is 88.4 Å². The van der Waals surface area contributed by atoms with Crippen molar-refractivity contribution < 1.29 is 62.4 Å². The van der Waals surface area contributed by atoms with E-state index in [1.807, 2.05) is 0 Å². The minimum Gasteiger partial charge on any atom is -0.394 e. The van der Waals surface area contributed by atoms with Crippen LogP contribution < -0.4 is 34.4 Å². The van der Waals surface area contributed by atoms with Crippen LogP contribution >= 0.6 is 0 Å². The average molecular weight is 675 g/mol. The van der Waals surface area contributed by atoms with E-state index in [0.717, 1.165) is 6.26 Å². The summed E-state index contributed by atoms with van der Waals surface area (Å²) in [7, 11) is -3.39. The van der Waals surface area contributed by atoms with Gasteiger partial charge in [0.2, 0.25) is 0 Å². The maximum atomic E-state index is 11.8. The predicted octanol–water partition coefficient (Wildman–Crippen LogP) is -7.42. The number of aliphatic hydroxyl groups excluding tert-OH is 5. The van der Waals surface area contributed by atoms with Crippen LogP contribution in [0.1, 0.15) is 19.3 Å². The summed E-state index contributed by atoms with van der Waals surface area (Å²) in [5.41, 5.74) is 36.5. The summed E-state index contributed by atoms with van der Waals surface area (Å²) in [6.07, 6.45) is -14.3. The van der Waals surface area contributed by atoms with Gasteiger partial charge in [-0.15, -0.1) is 0 Å². The van der Waals surface area contributed by atoms with Crippen molar-refractivity contribution >= 4 is 9.84 Å². The molecule has 4 rings (SSSR count). The monoisotopic (exact) mass is 674 g/mol. The maximum absolute atomic E-state index is 11.8. The zero-order chi connectivity index (χ0) is 33.4. The summed E-state index contributed by atoms with van der Waals surface area (Å²) < 4.78 is 58.9. The Hall–Kier alpha value is -0.730. The van der Waals surface area contributed by atoms with Gasteiger partial charge in [0.25, 0.3) is 0 Å². The lowest BCUT2D eigenvalue weighted by molar-refractivity contribution is -0.290. The molecular formula is C25H50N6O13S. The van der Waals surface area contributed by atoms with Crippen LogP contribution in [0.3, 0.4) is 0 Å². The highest BCUT2D eigenvalue weighted by Gasteiger charge is 2.53. The lowest BCUT2D eigenvalue weighted by Crippen LogP contribution is -2.66. The topological polar surface area (TPSA) is 347 Å². The first-order chi connectivity index (χ1) is 21.1. The van der Waals surface area contributed by atoms with Gasteiger partial charge in [-0.2, -0.15) is 0 Å². The molecule has 0 bridgehead atoms. The van der Waals surface area contributed by atoms with Crippen LogP contribution in [0.4, 0.5) is 0 Å². The van der Waals surface area contributed by atoms with Gasteiger partial charge in [0.1, 0.15) is 58.7 Å². The average Bonchev–Trinajstić information content (AvgIpc) is 3.27. The molecule has 20 heteroatoms. The molecule has 0 spiro atoms. The molecule has 1 unspecified atom stereocenters. The number of rotatable bonds is 11. The van der Waals surface area contributed by atoms with Crippen LogP contribution in [-0.4, -0.2) is 169 Å². The predicted molar refractivity (Wildman–Crippen MR) is 154 cm³/mol. The molecule has 4 fully saturated rings. The molecule has 3 heterocycles. The van der Waals surface area contributed by atoms with E-state index < -0.39 is 127 Å². The number of hydrogen-bond donors (Lipinski definition) is 11. The van der Waals surface area contributed by atoms with Crippen LogP contribution in [0.25, 0.3) is 0 Å². The molecule has 3 aliphatic heterocycles. The Bertz CT molecular complexity index is 1070. The number of ether oxygens (including phenoxy) is 6. The zero-order valence-electron chi connectivity index (χ0n) is 25.0. The molecule has 1 aliphatic carbocycles. The zero-order valence-corrected chi connectivity index (χ0v) is 25.8. The molecule has 0 amide bonds. The van der Waals surface area contributed by atoms with Crippen molar-refractivity contribution in [3.05, 3.63) is 0 Å². The van der Waals surface area contributed by atoms with Gasteiger partial charge in [-0.05, 0) is 19.3 Å². The van der Waals surface area contributed by atoms with Gasteiger partial charge in [-0.25, -0.2) is 8.42 Å². The normalized spacial score (nSPS) is 48.8. The molecule has 264 valence electrons. The summed E-state index contributed by atoms with van der Waals surface area (Å²) >= 11 is 0. The standard InChI is InChI=1S/C25H50N6O13S/c1-45(37,38)7-11(30)12-3-2-8(27)23(39-12)42-20-10(29)4-9(28)16(33)22(20)44-25-19(36)21(14(6-32)41-25)43-24-15(31)18(35)17(34)13(5-26)40-24/h8-25,32-36H,2-7,26-31H2,1H3/t8-,9-,10+,11+,12+,13+,14-,15-,16+,17-,18-,19-,20-,21-,22-,23-,24?,25+/m1/s1. The molecule has 1 saturated carbocycles. The van der Waals surface area contributed by atoms with Crippen molar-refractivity contribution in [1.82, 2.24) is 0 Å². The van der Waals surface area contributed by atoms with Crippen LogP contribution in [0.2, 0.25) is 0 Å². The second-order valence-electron chi connectivity index (χ2n) is 12.4. The second-order valence-corrected chi connectivity index (χ2v) is 14.6. The summed E-state index contributed by atoms with van der Waals surface area (Å²) in [4.78, 5) is 0. The van der Waals surface area contributed by atoms with Gasteiger partial charge in [-0.3, -0.25) is 0 Å². The SMILES string of the molecule is CS(=O)(=O)C[C@H](N)[C@@H]1CC[C@@H](N)[C@@H](O[C@H]2[C@H](O[C@@H]3O[C@H](CO)[C@@H](OC4O[C@@H](CN)[C@@H](O)[C@H](O)[C@H]4N)[C@H]3O)[C@@H](O)[C@H](N)C[C@@H]2N)O1. The van der Waals surface area contributed by atoms with E-state index >= 15 is 0 Å². The lowest BCUT2D eigenvalue weighted by atomic mass is 9.84. The Kier molecular flexibility index (Phi) is 12.5. The van der Waals surface area contributed by atoms with E-state index in [2.05, 4.69) is 0 Å². The molecule has 18 atom stereocenters. The van der Waals surface area contributed by atoms with E-state index in [9.17, 15) is 34.0 Å². The Morgan fingerprint density at radius 1 is 0.756 bits per heavy atom. The molecule has 4 aliphatic rings. The highest BCUT2D eigenvalue weighted by molar-refractivity contribution is 7.90. The van der Waals surface area contributed by atoms with E-state index in [-0.39, 0.29) is 18.7 Å². The quantitative estimate of drug-likeness (QED) is 0.0969. The molecule has 0 aromatic rings. The van der Waals surface area contributed by atoms with Gasteiger partial charge in [0, 0.05) is 30.9 Å². The molecular weight excluding hydrogens is 624 g/mol. The van der Waals surface area contributed by atoms with Crippen molar-refractivity contribution in [3.8, 4) is 0 Å². The third-order valence-corrected chi connectivity index (χ3v) is 9.80. The largest absolute Gasteiger partial charge is 0.394 e. The Morgan fingerprint density at radius 3 is 2.00 bits per heavy atom. The Balaban J connectivity index is 1.48. The second kappa shape index (κ2) is 15.2.